The lowest BCUT2D eigenvalue weighted by atomic mass is 9.96. The van der Waals surface area contributed by atoms with Crippen LogP contribution in [-0.2, 0) is 4.79 Å². The lowest BCUT2D eigenvalue weighted by Crippen LogP contribution is -2.40. The Morgan fingerprint density at radius 3 is 2.68 bits per heavy atom. The first-order valence-electron chi connectivity index (χ1n) is 8.51. The van der Waals surface area contributed by atoms with Gasteiger partial charge in [-0.2, -0.15) is 0 Å². The van der Waals surface area contributed by atoms with Gasteiger partial charge in [0, 0.05) is 19.0 Å². The maximum absolute atomic E-state index is 12.0. The van der Waals surface area contributed by atoms with Crippen molar-refractivity contribution in [2.75, 3.05) is 26.2 Å². The molecule has 22 heavy (non-hydrogen) atoms. The van der Waals surface area contributed by atoms with Crippen LogP contribution in [0.15, 0.2) is 36.4 Å². The third-order valence-electron chi connectivity index (χ3n) is 4.26. The van der Waals surface area contributed by atoms with Crippen LogP contribution in [0.4, 0.5) is 0 Å². The number of likely N-dealkylation sites (tertiary alicyclic amines) is 1. The molecule has 1 heterocycles. The summed E-state index contributed by atoms with van der Waals surface area (Å²) in [4.78, 5) is 14.5. The van der Waals surface area contributed by atoms with E-state index in [0.29, 0.717) is 0 Å². The van der Waals surface area contributed by atoms with Gasteiger partial charge < -0.3 is 5.32 Å². The van der Waals surface area contributed by atoms with Gasteiger partial charge >= 0.3 is 0 Å². The fourth-order valence-electron chi connectivity index (χ4n) is 2.81. The number of hydrogen-bond acceptors (Lipinski definition) is 2. The first-order chi connectivity index (χ1) is 10.8. The predicted molar refractivity (Wildman–Crippen MR) is 92.6 cm³/mol. The summed E-state index contributed by atoms with van der Waals surface area (Å²) in [5.41, 5.74) is 1.24. The van der Waals surface area contributed by atoms with Gasteiger partial charge in [0.05, 0.1) is 0 Å². The second-order valence-electron chi connectivity index (χ2n) is 6.03. The SMILES string of the molecule is CCCCNC(=O)C1CCN(C/C=C/c2ccccc2)CC1. The number of amides is 1. The van der Waals surface area contributed by atoms with Gasteiger partial charge in [-0.25, -0.2) is 0 Å². The van der Waals surface area contributed by atoms with Crippen LogP contribution >= 0.6 is 0 Å². The van der Waals surface area contributed by atoms with Crippen LogP contribution in [0.1, 0.15) is 38.2 Å². The van der Waals surface area contributed by atoms with Crippen molar-refractivity contribution in [2.24, 2.45) is 5.92 Å². The highest BCUT2D eigenvalue weighted by molar-refractivity contribution is 5.78. The molecule has 3 nitrogen and oxygen atoms in total. The van der Waals surface area contributed by atoms with Crippen LogP contribution in [0.5, 0.6) is 0 Å². The summed E-state index contributed by atoms with van der Waals surface area (Å²) in [6.45, 7) is 5.98. The molecule has 3 heteroatoms. The lowest BCUT2D eigenvalue weighted by molar-refractivity contribution is -0.126. The van der Waals surface area contributed by atoms with Gasteiger partial charge in [0.1, 0.15) is 0 Å². The van der Waals surface area contributed by atoms with Crippen molar-refractivity contribution in [3.8, 4) is 0 Å². The zero-order valence-electron chi connectivity index (χ0n) is 13.6. The minimum atomic E-state index is 0.214. The number of carbonyl (C=O) groups excluding carboxylic acids is 1. The molecule has 1 saturated heterocycles. The second kappa shape index (κ2) is 9.42. The van der Waals surface area contributed by atoms with E-state index in [4.69, 9.17) is 0 Å². The average Bonchev–Trinajstić information content (AvgIpc) is 2.56. The van der Waals surface area contributed by atoms with E-state index in [0.717, 1.165) is 51.9 Å². The van der Waals surface area contributed by atoms with Crippen LogP contribution in [0.2, 0.25) is 0 Å². The summed E-state index contributed by atoms with van der Waals surface area (Å²) < 4.78 is 0. The molecule has 0 aromatic heterocycles. The Bertz CT molecular complexity index is 462. The van der Waals surface area contributed by atoms with Crippen molar-refractivity contribution in [3.63, 3.8) is 0 Å². The zero-order chi connectivity index (χ0) is 15.6. The van der Waals surface area contributed by atoms with Gasteiger partial charge in [-0.15, -0.1) is 0 Å². The van der Waals surface area contributed by atoms with E-state index >= 15 is 0 Å². The van der Waals surface area contributed by atoms with E-state index in [-0.39, 0.29) is 11.8 Å². The first-order valence-corrected chi connectivity index (χ1v) is 8.51. The van der Waals surface area contributed by atoms with Crippen molar-refractivity contribution in [1.29, 1.82) is 0 Å². The molecule has 1 N–H and O–H groups in total. The summed E-state index contributed by atoms with van der Waals surface area (Å²) >= 11 is 0. The largest absolute Gasteiger partial charge is 0.356 e. The Labute approximate surface area is 134 Å². The predicted octanol–water partition coefficient (Wildman–Crippen LogP) is 3.33. The number of piperidine rings is 1. The molecule has 1 aliphatic heterocycles. The van der Waals surface area contributed by atoms with Crippen molar-refractivity contribution < 1.29 is 4.79 Å². The van der Waals surface area contributed by atoms with E-state index < -0.39 is 0 Å². The number of hydrogen-bond donors (Lipinski definition) is 1. The molecular formula is C19H28N2O. The normalized spacial score (nSPS) is 17.0. The van der Waals surface area contributed by atoms with Gasteiger partial charge in [-0.05, 0) is 37.9 Å². The molecular weight excluding hydrogens is 272 g/mol. The molecule has 0 bridgehead atoms. The minimum Gasteiger partial charge on any atom is -0.356 e. The minimum absolute atomic E-state index is 0.214. The van der Waals surface area contributed by atoms with E-state index in [1.165, 1.54) is 5.56 Å². The summed E-state index contributed by atoms with van der Waals surface area (Å²) in [5.74, 6) is 0.471. The van der Waals surface area contributed by atoms with Gasteiger partial charge in [0.15, 0.2) is 0 Å². The van der Waals surface area contributed by atoms with E-state index in [1.807, 2.05) is 6.07 Å². The molecule has 1 aliphatic rings. The van der Waals surface area contributed by atoms with E-state index in [1.54, 1.807) is 0 Å². The number of nitrogens with zero attached hydrogens (tertiary/aromatic N) is 1. The molecule has 0 atom stereocenters. The van der Waals surface area contributed by atoms with Crippen molar-refractivity contribution in [2.45, 2.75) is 32.6 Å². The average molecular weight is 300 g/mol. The van der Waals surface area contributed by atoms with Gasteiger partial charge in [0.2, 0.25) is 5.91 Å². The molecule has 0 aliphatic carbocycles. The molecule has 1 amide bonds. The van der Waals surface area contributed by atoms with Crippen molar-refractivity contribution in [3.05, 3.63) is 42.0 Å². The van der Waals surface area contributed by atoms with Crippen LogP contribution < -0.4 is 5.32 Å². The lowest BCUT2D eigenvalue weighted by Gasteiger charge is -2.30. The van der Waals surface area contributed by atoms with E-state index in [2.05, 4.69) is 53.6 Å². The summed E-state index contributed by atoms with van der Waals surface area (Å²) in [6.07, 6.45) is 8.57. The van der Waals surface area contributed by atoms with Gasteiger partial charge in [-0.3, -0.25) is 9.69 Å². The maximum Gasteiger partial charge on any atom is 0.223 e. The Hall–Kier alpha value is -1.61. The topological polar surface area (TPSA) is 32.3 Å². The zero-order valence-corrected chi connectivity index (χ0v) is 13.6. The Balaban J connectivity index is 1.66. The Morgan fingerprint density at radius 1 is 1.27 bits per heavy atom. The standard InChI is InChI=1S/C19H28N2O/c1-2-3-13-20-19(22)18-11-15-21(16-12-18)14-7-10-17-8-5-4-6-9-17/h4-10,18H,2-3,11-16H2,1H3,(H,20,22)/b10-7+. The number of carbonyl (C=O) groups is 1. The summed E-state index contributed by atoms with van der Waals surface area (Å²) in [5, 5.41) is 3.06. The maximum atomic E-state index is 12.0. The Morgan fingerprint density at radius 2 is 2.00 bits per heavy atom. The highest BCUT2D eigenvalue weighted by atomic mass is 16.1. The third-order valence-corrected chi connectivity index (χ3v) is 4.26. The van der Waals surface area contributed by atoms with Crippen molar-refractivity contribution in [1.82, 2.24) is 10.2 Å². The highest BCUT2D eigenvalue weighted by Gasteiger charge is 2.23. The molecule has 1 aromatic carbocycles. The molecule has 0 spiro atoms. The van der Waals surface area contributed by atoms with Gasteiger partial charge in [-0.1, -0.05) is 55.8 Å². The quantitative estimate of drug-likeness (QED) is 0.783. The Kier molecular flexibility index (Phi) is 7.17. The summed E-state index contributed by atoms with van der Waals surface area (Å²) in [6, 6.07) is 10.4. The number of rotatable bonds is 7. The molecule has 0 unspecified atom stereocenters. The monoisotopic (exact) mass is 300 g/mol. The fourth-order valence-corrected chi connectivity index (χ4v) is 2.81. The second-order valence-corrected chi connectivity index (χ2v) is 6.03. The molecule has 1 fully saturated rings. The summed E-state index contributed by atoms with van der Waals surface area (Å²) in [7, 11) is 0. The number of benzene rings is 1. The van der Waals surface area contributed by atoms with Crippen LogP contribution in [-0.4, -0.2) is 37.0 Å². The number of nitrogens with one attached hydrogen (secondary N) is 1. The molecule has 120 valence electrons. The molecule has 0 saturated carbocycles. The smallest absolute Gasteiger partial charge is 0.223 e. The van der Waals surface area contributed by atoms with Crippen LogP contribution in [0, 0.1) is 5.92 Å². The fraction of sp³-hybridized carbons (Fsp3) is 0.526. The first kappa shape index (κ1) is 16.8. The van der Waals surface area contributed by atoms with Crippen LogP contribution in [0.25, 0.3) is 6.08 Å². The highest BCUT2D eigenvalue weighted by Crippen LogP contribution is 2.17. The molecule has 2 rings (SSSR count). The van der Waals surface area contributed by atoms with Crippen LogP contribution in [0.3, 0.4) is 0 Å². The third kappa shape index (κ3) is 5.64. The van der Waals surface area contributed by atoms with E-state index in [9.17, 15) is 4.79 Å². The van der Waals surface area contributed by atoms with Crippen molar-refractivity contribution >= 4 is 12.0 Å². The molecule has 1 aromatic rings. The molecule has 0 radical (unpaired) electrons. The van der Waals surface area contributed by atoms with Gasteiger partial charge in [0.25, 0.3) is 0 Å². The number of unbranched alkanes of at least 4 members (excludes halogenated alkanes) is 1.